The third-order valence-electron chi connectivity index (χ3n) is 2.25. The quantitative estimate of drug-likeness (QED) is 0.580. The number of ether oxygens (including phenoxy) is 1. The van der Waals surface area contributed by atoms with E-state index in [-0.39, 0.29) is 0 Å². The maximum atomic E-state index is 5.86. The molecule has 0 saturated carbocycles. The Kier molecular flexibility index (Phi) is 2.99. The molecule has 0 N–H and O–H groups in total. The summed E-state index contributed by atoms with van der Waals surface area (Å²) in [6, 6.07) is 0. The van der Waals surface area contributed by atoms with E-state index in [1.165, 1.54) is 12.8 Å². The Balaban J connectivity index is 2.41. The molecule has 10 heavy (non-hydrogen) atoms. The number of hydrogen-bond acceptors (Lipinski definition) is 1. The van der Waals surface area contributed by atoms with Gasteiger partial charge in [0, 0.05) is 17.9 Å². The lowest BCUT2D eigenvalue weighted by molar-refractivity contribution is 0.156. The maximum absolute atomic E-state index is 5.86. The Bertz CT molecular complexity index is 97.4. The largest absolute Gasteiger partial charge is 0.381 e. The van der Waals surface area contributed by atoms with Gasteiger partial charge in [-0.25, -0.2) is 0 Å². The van der Waals surface area contributed by atoms with E-state index in [1.807, 2.05) is 0 Å². The summed E-state index contributed by atoms with van der Waals surface area (Å²) in [7, 11) is 0. The maximum Gasteiger partial charge on any atom is 0.0534 e. The molecule has 1 saturated heterocycles. The van der Waals surface area contributed by atoms with Crippen LogP contribution >= 0.6 is 11.6 Å². The Labute approximate surface area is 67.7 Å². The molecule has 1 aliphatic heterocycles. The van der Waals surface area contributed by atoms with E-state index >= 15 is 0 Å². The Morgan fingerprint density at radius 2 is 2.40 bits per heavy atom. The lowest BCUT2D eigenvalue weighted by atomic mass is 9.85. The molecule has 1 atom stereocenters. The summed E-state index contributed by atoms with van der Waals surface area (Å²) in [6.07, 6.45) is 3.59. The second kappa shape index (κ2) is 3.59. The molecular formula is C8H15ClO. The van der Waals surface area contributed by atoms with Crippen LogP contribution in [0.3, 0.4) is 0 Å². The highest BCUT2D eigenvalue weighted by Gasteiger charge is 2.32. The predicted molar refractivity (Wildman–Crippen MR) is 43.5 cm³/mol. The molecule has 0 aromatic heterocycles. The molecule has 1 fully saturated rings. The number of halogens is 1. The van der Waals surface area contributed by atoms with Gasteiger partial charge in [0.1, 0.15) is 0 Å². The SMILES string of the molecule is CCCC1(CCl)CCOC1. The molecule has 0 bridgehead atoms. The van der Waals surface area contributed by atoms with Crippen LogP contribution in [0.2, 0.25) is 0 Å². The van der Waals surface area contributed by atoms with Crippen LogP contribution in [-0.2, 0) is 4.74 Å². The monoisotopic (exact) mass is 162 g/mol. The van der Waals surface area contributed by atoms with Gasteiger partial charge in [-0.3, -0.25) is 0 Å². The molecule has 60 valence electrons. The molecule has 1 heterocycles. The van der Waals surface area contributed by atoms with Gasteiger partial charge >= 0.3 is 0 Å². The number of alkyl halides is 1. The van der Waals surface area contributed by atoms with Crippen molar-refractivity contribution in [1.82, 2.24) is 0 Å². The summed E-state index contributed by atoms with van der Waals surface area (Å²) in [4.78, 5) is 0. The molecule has 1 nitrogen and oxygen atoms in total. The summed E-state index contributed by atoms with van der Waals surface area (Å²) >= 11 is 5.86. The first-order valence-corrected chi connectivity index (χ1v) is 4.50. The van der Waals surface area contributed by atoms with Crippen LogP contribution in [0.4, 0.5) is 0 Å². The summed E-state index contributed by atoms with van der Waals surface area (Å²) in [6.45, 7) is 3.99. The minimum absolute atomic E-state index is 0.330. The van der Waals surface area contributed by atoms with Crippen LogP contribution in [-0.4, -0.2) is 19.1 Å². The summed E-state index contributed by atoms with van der Waals surface area (Å²) < 4.78 is 5.32. The van der Waals surface area contributed by atoms with E-state index in [2.05, 4.69) is 6.92 Å². The Hall–Kier alpha value is 0.250. The summed E-state index contributed by atoms with van der Waals surface area (Å²) in [5.41, 5.74) is 0.330. The molecule has 1 rings (SSSR count). The minimum Gasteiger partial charge on any atom is -0.381 e. The highest BCUT2D eigenvalue weighted by molar-refractivity contribution is 6.18. The first-order valence-electron chi connectivity index (χ1n) is 3.97. The first-order chi connectivity index (χ1) is 4.83. The zero-order valence-corrected chi connectivity index (χ0v) is 7.28. The van der Waals surface area contributed by atoms with Gasteiger partial charge in [0.25, 0.3) is 0 Å². The van der Waals surface area contributed by atoms with Crippen molar-refractivity contribution in [3.05, 3.63) is 0 Å². The van der Waals surface area contributed by atoms with Gasteiger partial charge in [-0.15, -0.1) is 11.6 Å². The van der Waals surface area contributed by atoms with E-state index in [4.69, 9.17) is 16.3 Å². The van der Waals surface area contributed by atoms with Gasteiger partial charge in [0.15, 0.2) is 0 Å². The van der Waals surface area contributed by atoms with Crippen molar-refractivity contribution in [2.45, 2.75) is 26.2 Å². The topological polar surface area (TPSA) is 9.23 Å². The third kappa shape index (κ3) is 1.64. The summed E-state index contributed by atoms with van der Waals surface area (Å²) in [5.74, 6) is 0.765. The van der Waals surface area contributed by atoms with Gasteiger partial charge in [-0.2, -0.15) is 0 Å². The van der Waals surface area contributed by atoms with E-state index in [1.54, 1.807) is 0 Å². The normalized spacial score (nSPS) is 33.0. The van der Waals surface area contributed by atoms with Crippen LogP contribution in [0.15, 0.2) is 0 Å². The third-order valence-corrected chi connectivity index (χ3v) is 2.82. The van der Waals surface area contributed by atoms with Gasteiger partial charge < -0.3 is 4.74 Å². The molecule has 1 aliphatic rings. The van der Waals surface area contributed by atoms with E-state index in [0.717, 1.165) is 25.5 Å². The van der Waals surface area contributed by atoms with Crippen LogP contribution in [0.5, 0.6) is 0 Å². The van der Waals surface area contributed by atoms with Gasteiger partial charge in [-0.1, -0.05) is 13.3 Å². The zero-order valence-electron chi connectivity index (χ0n) is 6.53. The molecular weight excluding hydrogens is 148 g/mol. The fraction of sp³-hybridized carbons (Fsp3) is 1.00. The van der Waals surface area contributed by atoms with Crippen LogP contribution < -0.4 is 0 Å². The molecule has 2 heteroatoms. The first kappa shape index (κ1) is 8.35. The average molecular weight is 163 g/mol. The minimum atomic E-state index is 0.330. The second-order valence-electron chi connectivity index (χ2n) is 3.19. The van der Waals surface area contributed by atoms with Crippen molar-refractivity contribution >= 4 is 11.6 Å². The fourth-order valence-corrected chi connectivity index (χ4v) is 1.89. The predicted octanol–water partition coefficient (Wildman–Crippen LogP) is 2.43. The van der Waals surface area contributed by atoms with Crippen molar-refractivity contribution < 1.29 is 4.74 Å². The van der Waals surface area contributed by atoms with Crippen LogP contribution in [0.25, 0.3) is 0 Å². The van der Waals surface area contributed by atoms with Crippen molar-refractivity contribution in [1.29, 1.82) is 0 Å². The van der Waals surface area contributed by atoms with E-state index in [9.17, 15) is 0 Å². The van der Waals surface area contributed by atoms with E-state index in [0.29, 0.717) is 5.41 Å². The van der Waals surface area contributed by atoms with Crippen molar-refractivity contribution in [2.75, 3.05) is 19.1 Å². The Morgan fingerprint density at radius 3 is 2.80 bits per heavy atom. The van der Waals surface area contributed by atoms with Crippen molar-refractivity contribution in [3.63, 3.8) is 0 Å². The highest BCUT2D eigenvalue weighted by atomic mass is 35.5. The van der Waals surface area contributed by atoms with Crippen LogP contribution in [0.1, 0.15) is 26.2 Å². The fourth-order valence-electron chi connectivity index (χ4n) is 1.55. The zero-order chi connectivity index (χ0) is 7.45. The molecule has 0 radical (unpaired) electrons. The smallest absolute Gasteiger partial charge is 0.0534 e. The van der Waals surface area contributed by atoms with Gasteiger partial charge in [-0.05, 0) is 12.8 Å². The van der Waals surface area contributed by atoms with Crippen molar-refractivity contribution in [2.24, 2.45) is 5.41 Å². The molecule has 0 spiro atoms. The van der Waals surface area contributed by atoms with Crippen LogP contribution in [0, 0.1) is 5.41 Å². The lowest BCUT2D eigenvalue weighted by Crippen LogP contribution is -2.22. The molecule has 0 aromatic rings. The molecule has 0 aromatic carbocycles. The summed E-state index contributed by atoms with van der Waals surface area (Å²) in [5, 5.41) is 0. The highest BCUT2D eigenvalue weighted by Crippen LogP contribution is 2.34. The standard InChI is InChI=1S/C8H15ClO/c1-2-3-8(6-9)4-5-10-7-8/h2-7H2,1H3. The molecule has 0 amide bonds. The lowest BCUT2D eigenvalue weighted by Gasteiger charge is -2.22. The van der Waals surface area contributed by atoms with Gasteiger partial charge in [0.2, 0.25) is 0 Å². The van der Waals surface area contributed by atoms with Crippen molar-refractivity contribution in [3.8, 4) is 0 Å². The molecule has 0 aliphatic carbocycles. The van der Waals surface area contributed by atoms with Gasteiger partial charge in [0.05, 0.1) is 6.61 Å². The molecule has 1 unspecified atom stereocenters. The Morgan fingerprint density at radius 1 is 1.60 bits per heavy atom. The van der Waals surface area contributed by atoms with E-state index < -0.39 is 0 Å². The second-order valence-corrected chi connectivity index (χ2v) is 3.45. The number of rotatable bonds is 3. The average Bonchev–Trinajstić information content (AvgIpc) is 2.39. The number of hydrogen-bond donors (Lipinski definition) is 0.